The van der Waals surface area contributed by atoms with E-state index in [1.165, 1.54) is 5.56 Å². The highest BCUT2D eigenvalue weighted by molar-refractivity contribution is 6.30. The number of hydrogen-bond acceptors (Lipinski definition) is 2. The van der Waals surface area contributed by atoms with E-state index in [2.05, 4.69) is 42.2 Å². The van der Waals surface area contributed by atoms with Crippen LogP contribution in [0, 0.1) is 0 Å². The van der Waals surface area contributed by atoms with Crippen LogP contribution in [0.3, 0.4) is 0 Å². The number of halogens is 1. The Bertz CT molecular complexity index is 572. The lowest BCUT2D eigenvalue weighted by Gasteiger charge is -2.14. The van der Waals surface area contributed by atoms with Gasteiger partial charge in [-0.2, -0.15) is 0 Å². The lowest BCUT2D eigenvalue weighted by molar-refractivity contribution is 0.278. The Hall–Kier alpha value is -1.51. The molecule has 1 heterocycles. The van der Waals surface area contributed by atoms with Crippen LogP contribution in [-0.2, 0) is 0 Å². The third-order valence-corrected chi connectivity index (χ3v) is 4.01. The summed E-state index contributed by atoms with van der Waals surface area (Å²) in [6.07, 6.45) is 0. The summed E-state index contributed by atoms with van der Waals surface area (Å²) in [7, 11) is 0. The second-order valence-electron chi connectivity index (χ2n) is 5.21. The molecule has 2 aromatic carbocycles. The Morgan fingerprint density at radius 1 is 1.20 bits per heavy atom. The predicted octanol–water partition coefficient (Wildman–Crippen LogP) is 4.16. The van der Waals surface area contributed by atoms with Gasteiger partial charge in [0.2, 0.25) is 0 Å². The molecule has 1 saturated heterocycles. The lowest BCUT2D eigenvalue weighted by Crippen LogP contribution is -2.14. The molecule has 0 aromatic heterocycles. The fourth-order valence-corrected chi connectivity index (χ4v) is 2.67. The molecule has 20 heavy (non-hydrogen) atoms. The van der Waals surface area contributed by atoms with E-state index in [9.17, 15) is 0 Å². The molecule has 3 heteroatoms. The van der Waals surface area contributed by atoms with Gasteiger partial charge in [0.15, 0.2) is 0 Å². The topological polar surface area (TPSA) is 12.2 Å². The molecule has 3 rings (SSSR count). The van der Waals surface area contributed by atoms with Crippen LogP contribution in [0.15, 0.2) is 54.6 Å². The summed E-state index contributed by atoms with van der Waals surface area (Å²) in [6.45, 7) is 4.06. The summed E-state index contributed by atoms with van der Waals surface area (Å²) in [5.41, 5.74) is 1.36. The number of ether oxygens (including phenoxy) is 1. The molecule has 1 fully saturated rings. The van der Waals surface area contributed by atoms with Crippen molar-refractivity contribution >= 4 is 11.6 Å². The van der Waals surface area contributed by atoms with Crippen molar-refractivity contribution in [2.75, 3.05) is 13.2 Å². The summed E-state index contributed by atoms with van der Waals surface area (Å²) in [4.78, 5) is 2.44. The van der Waals surface area contributed by atoms with Crippen molar-refractivity contribution < 1.29 is 4.74 Å². The van der Waals surface area contributed by atoms with Crippen LogP contribution in [0.4, 0.5) is 0 Å². The van der Waals surface area contributed by atoms with E-state index in [0.717, 1.165) is 18.9 Å². The summed E-state index contributed by atoms with van der Waals surface area (Å²) in [5, 5.41) is 0.716. The Balaban J connectivity index is 1.52. The minimum absolute atomic E-state index is 0.448. The van der Waals surface area contributed by atoms with Crippen LogP contribution in [0.2, 0.25) is 5.02 Å². The van der Waals surface area contributed by atoms with E-state index in [1.54, 1.807) is 0 Å². The van der Waals surface area contributed by atoms with Crippen molar-refractivity contribution in [1.29, 1.82) is 0 Å². The number of rotatable bonds is 5. The normalized spacial score (nSPS) is 22.3. The van der Waals surface area contributed by atoms with E-state index < -0.39 is 0 Å². The zero-order valence-electron chi connectivity index (χ0n) is 11.5. The van der Waals surface area contributed by atoms with Gasteiger partial charge < -0.3 is 4.74 Å². The molecule has 0 amide bonds. The smallest absolute Gasteiger partial charge is 0.120 e. The van der Waals surface area contributed by atoms with Crippen LogP contribution in [0.5, 0.6) is 5.75 Å². The highest BCUT2D eigenvalue weighted by Crippen LogP contribution is 2.32. The van der Waals surface area contributed by atoms with Crippen molar-refractivity contribution in [2.45, 2.75) is 19.0 Å². The van der Waals surface area contributed by atoms with Crippen LogP contribution >= 0.6 is 11.6 Å². The fourth-order valence-electron chi connectivity index (χ4n) is 2.49. The minimum atomic E-state index is 0.448. The predicted molar refractivity (Wildman–Crippen MR) is 82.3 cm³/mol. The molecule has 0 N–H and O–H groups in total. The van der Waals surface area contributed by atoms with Gasteiger partial charge in [-0.3, -0.25) is 4.90 Å². The minimum Gasteiger partial charge on any atom is -0.492 e. The first-order valence-electron chi connectivity index (χ1n) is 6.93. The van der Waals surface area contributed by atoms with Gasteiger partial charge in [-0.05, 0) is 30.7 Å². The Labute approximate surface area is 124 Å². The van der Waals surface area contributed by atoms with Crippen molar-refractivity contribution in [1.82, 2.24) is 4.90 Å². The summed E-state index contributed by atoms with van der Waals surface area (Å²) < 4.78 is 5.80. The molecule has 2 aromatic rings. The number of nitrogens with zero attached hydrogens (tertiary/aromatic N) is 1. The van der Waals surface area contributed by atoms with Crippen LogP contribution in [0.25, 0.3) is 0 Å². The molecule has 0 saturated carbocycles. The average Bonchev–Trinajstić information content (AvgIpc) is 3.25. The number of hydrogen-bond donors (Lipinski definition) is 0. The first-order valence-corrected chi connectivity index (χ1v) is 7.31. The first-order chi connectivity index (χ1) is 9.74. The molecule has 0 aliphatic carbocycles. The van der Waals surface area contributed by atoms with E-state index in [1.807, 2.05) is 24.3 Å². The van der Waals surface area contributed by atoms with Crippen LogP contribution in [-0.4, -0.2) is 24.1 Å². The Kier molecular flexibility index (Phi) is 3.95. The van der Waals surface area contributed by atoms with Gasteiger partial charge in [-0.25, -0.2) is 0 Å². The van der Waals surface area contributed by atoms with E-state index in [4.69, 9.17) is 16.3 Å². The van der Waals surface area contributed by atoms with E-state index >= 15 is 0 Å². The third kappa shape index (κ3) is 3.14. The summed E-state index contributed by atoms with van der Waals surface area (Å²) in [6, 6.07) is 19.1. The van der Waals surface area contributed by atoms with Gasteiger partial charge in [0.25, 0.3) is 0 Å². The van der Waals surface area contributed by atoms with Gasteiger partial charge >= 0.3 is 0 Å². The van der Waals surface area contributed by atoms with Crippen molar-refractivity contribution in [3.05, 3.63) is 65.2 Å². The van der Waals surface area contributed by atoms with Gasteiger partial charge in [0, 0.05) is 17.6 Å². The maximum Gasteiger partial charge on any atom is 0.120 e. The highest BCUT2D eigenvalue weighted by Gasteiger charge is 2.38. The van der Waals surface area contributed by atoms with E-state index in [0.29, 0.717) is 17.1 Å². The first kappa shape index (κ1) is 13.5. The largest absolute Gasteiger partial charge is 0.492 e. The molecular formula is C17H18ClNO. The van der Waals surface area contributed by atoms with Gasteiger partial charge in [-0.15, -0.1) is 0 Å². The van der Waals surface area contributed by atoms with Crippen LogP contribution in [0.1, 0.15) is 18.5 Å². The van der Waals surface area contributed by atoms with E-state index in [-0.39, 0.29) is 0 Å². The Morgan fingerprint density at radius 2 is 2.00 bits per heavy atom. The number of benzene rings is 2. The van der Waals surface area contributed by atoms with Crippen LogP contribution < -0.4 is 4.74 Å². The maximum absolute atomic E-state index is 5.94. The molecule has 1 unspecified atom stereocenters. The molecule has 0 spiro atoms. The molecule has 3 atom stereocenters. The average molecular weight is 288 g/mol. The molecule has 1 aliphatic rings. The Morgan fingerprint density at radius 3 is 2.75 bits per heavy atom. The molecule has 0 bridgehead atoms. The summed E-state index contributed by atoms with van der Waals surface area (Å²) in [5.74, 6) is 0.844. The molecule has 104 valence electrons. The van der Waals surface area contributed by atoms with Gasteiger partial charge in [0.1, 0.15) is 12.4 Å². The highest BCUT2D eigenvalue weighted by atomic mass is 35.5. The van der Waals surface area contributed by atoms with Crippen molar-refractivity contribution in [2.24, 2.45) is 0 Å². The third-order valence-electron chi connectivity index (χ3n) is 3.77. The summed E-state index contributed by atoms with van der Waals surface area (Å²) >= 11 is 5.94. The monoisotopic (exact) mass is 287 g/mol. The maximum atomic E-state index is 5.94. The lowest BCUT2D eigenvalue weighted by atomic mass is 10.1. The van der Waals surface area contributed by atoms with Crippen molar-refractivity contribution in [3.63, 3.8) is 0 Å². The molecule has 1 aliphatic heterocycles. The van der Waals surface area contributed by atoms with Gasteiger partial charge in [0.05, 0.1) is 6.04 Å². The SMILES string of the molecule is C[C@H](c1ccccc1)N1C[C@H]1COc1cccc(Cl)c1. The van der Waals surface area contributed by atoms with Crippen molar-refractivity contribution in [3.8, 4) is 5.75 Å². The molecule has 0 radical (unpaired) electrons. The molecular weight excluding hydrogens is 270 g/mol. The standard InChI is InChI=1S/C17H18ClNO/c1-13(14-6-3-2-4-7-14)19-11-16(19)12-20-17-9-5-8-15(18)10-17/h2-10,13,16H,11-12H2,1H3/t13-,16+,19?/m1/s1. The zero-order valence-corrected chi connectivity index (χ0v) is 12.3. The fraction of sp³-hybridized carbons (Fsp3) is 0.294. The second kappa shape index (κ2) is 5.86. The second-order valence-corrected chi connectivity index (χ2v) is 5.64. The zero-order chi connectivity index (χ0) is 13.9. The van der Waals surface area contributed by atoms with Gasteiger partial charge in [-0.1, -0.05) is 48.0 Å². The quantitative estimate of drug-likeness (QED) is 0.766. The molecule has 2 nitrogen and oxygen atoms in total.